The Morgan fingerprint density at radius 3 is 2.59 bits per heavy atom. The van der Waals surface area contributed by atoms with Crippen LogP contribution in [-0.2, 0) is 12.5 Å². The Hall–Kier alpha value is -3.79. The first-order valence-corrected chi connectivity index (χ1v) is 11.5. The molecular weight excluding hydrogens is 455 g/mol. The number of amides is 2. The Bertz CT molecular complexity index is 1450. The van der Waals surface area contributed by atoms with Gasteiger partial charge in [0, 0.05) is 41.5 Å². The molecule has 0 bridgehead atoms. The number of halogens is 1. The summed E-state index contributed by atoms with van der Waals surface area (Å²) >= 11 is 1.55. The van der Waals surface area contributed by atoms with Gasteiger partial charge < -0.3 is 16.0 Å². The van der Waals surface area contributed by atoms with Crippen molar-refractivity contribution in [2.24, 2.45) is 7.05 Å². The van der Waals surface area contributed by atoms with Gasteiger partial charge in [0.25, 0.3) is 5.56 Å². The molecule has 8 nitrogen and oxygen atoms in total. The summed E-state index contributed by atoms with van der Waals surface area (Å²) < 4.78 is 15.9. The summed E-state index contributed by atoms with van der Waals surface area (Å²) in [6, 6.07) is 7.14. The Morgan fingerprint density at radius 2 is 1.91 bits per heavy atom. The number of aryl methyl sites for hydroxylation is 1. The van der Waals surface area contributed by atoms with Crippen LogP contribution in [0.5, 0.6) is 0 Å². The number of aromatic nitrogens is 3. The van der Waals surface area contributed by atoms with E-state index in [1.54, 1.807) is 37.7 Å². The van der Waals surface area contributed by atoms with E-state index in [0.717, 1.165) is 4.88 Å². The number of carbonyl (C=O) groups is 1. The Kier molecular flexibility index (Phi) is 6.09. The average molecular weight is 481 g/mol. The monoisotopic (exact) mass is 480 g/mol. The molecular formula is C24H25FN6O2S. The van der Waals surface area contributed by atoms with Gasteiger partial charge in [0.1, 0.15) is 11.5 Å². The quantitative estimate of drug-likeness (QED) is 0.374. The predicted octanol–water partition coefficient (Wildman–Crippen LogP) is 5.18. The number of nitrogens with one attached hydrogen (secondary N) is 3. The number of hydrogen-bond acceptors (Lipinski definition) is 6. The SMILES string of the molecule is CNc1ncc2cc(-c3ccc(F)c(NC(=O)Nc4csc(C(C)(C)C)c4)c3)c(=O)n(C)c2n1. The summed E-state index contributed by atoms with van der Waals surface area (Å²) in [6.45, 7) is 6.27. The van der Waals surface area contributed by atoms with Gasteiger partial charge in [-0.1, -0.05) is 26.8 Å². The zero-order chi connectivity index (χ0) is 24.6. The van der Waals surface area contributed by atoms with Gasteiger partial charge in [-0.05, 0) is 35.2 Å². The molecule has 0 aliphatic carbocycles. The van der Waals surface area contributed by atoms with Crippen molar-refractivity contribution >= 4 is 45.7 Å². The summed E-state index contributed by atoms with van der Waals surface area (Å²) in [5, 5.41) is 10.6. The highest BCUT2D eigenvalue weighted by atomic mass is 32.1. The van der Waals surface area contributed by atoms with Crippen LogP contribution in [0.25, 0.3) is 22.2 Å². The number of pyridine rings is 1. The number of anilines is 3. The molecule has 0 saturated heterocycles. The van der Waals surface area contributed by atoms with Gasteiger partial charge in [0.15, 0.2) is 0 Å². The first-order valence-electron chi connectivity index (χ1n) is 10.6. The lowest BCUT2D eigenvalue weighted by molar-refractivity contribution is 0.262. The van der Waals surface area contributed by atoms with Crippen LogP contribution < -0.4 is 21.5 Å². The number of hydrogen-bond donors (Lipinski definition) is 3. The molecule has 0 atom stereocenters. The molecule has 0 aliphatic rings. The molecule has 0 spiro atoms. The first-order chi connectivity index (χ1) is 16.1. The minimum atomic E-state index is -0.612. The van der Waals surface area contributed by atoms with E-state index in [1.165, 1.54) is 22.8 Å². The Morgan fingerprint density at radius 1 is 1.15 bits per heavy atom. The van der Waals surface area contributed by atoms with Gasteiger partial charge in [-0.2, -0.15) is 4.98 Å². The molecule has 0 saturated carbocycles. The number of carbonyl (C=O) groups excluding carboxylic acids is 1. The molecule has 0 fully saturated rings. The molecule has 10 heteroatoms. The summed E-state index contributed by atoms with van der Waals surface area (Å²) in [5.74, 6) is -0.214. The van der Waals surface area contributed by atoms with Gasteiger partial charge in [-0.25, -0.2) is 14.2 Å². The number of fused-ring (bicyclic) bond motifs is 1. The summed E-state index contributed by atoms with van der Waals surface area (Å²) in [6.07, 6.45) is 1.61. The summed E-state index contributed by atoms with van der Waals surface area (Å²) in [7, 11) is 3.31. The van der Waals surface area contributed by atoms with E-state index in [-0.39, 0.29) is 16.7 Å². The van der Waals surface area contributed by atoms with Crippen molar-refractivity contribution in [1.82, 2.24) is 14.5 Å². The second kappa shape index (κ2) is 8.86. The van der Waals surface area contributed by atoms with E-state index in [0.29, 0.717) is 33.8 Å². The zero-order valence-electron chi connectivity index (χ0n) is 19.5. The Balaban J connectivity index is 1.63. The van der Waals surface area contributed by atoms with Crippen molar-refractivity contribution in [3.8, 4) is 11.1 Å². The molecule has 176 valence electrons. The minimum absolute atomic E-state index is 0.0345. The highest BCUT2D eigenvalue weighted by molar-refractivity contribution is 7.10. The van der Waals surface area contributed by atoms with Gasteiger partial charge >= 0.3 is 6.03 Å². The van der Waals surface area contributed by atoms with E-state index in [2.05, 4.69) is 46.7 Å². The Labute approximate surface area is 199 Å². The second-order valence-electron chi connectivity index (χ2n) is 8.87. The van der Waals surface area contributed by atoms with Crippen LogP contribution in [0.4, 0.5) is 26.5 Å². The van der Waals surface area contributed by atoms with E-state index < -0.39 is 11.8 Å². The number of rotatable bonds is 4. The molecule has 3 aromatic heterocycles. The van der Waals surface area contributed by atoms with Gasteiger partial charge in [0.05, 0.1) is 11.4 Å². The molecule has 3 N–H and O–H groups in total. The van der Waals surface area contributed by atoms with Crippen molar-refractivity contribution < 1.29 is 9.18 Å². The van der Waals surface area contributed by atoms with Crippen LogP contribution in [0.3, 0.4) is 0 Å². The fourth-order valence-corrected chi connectivity index (χ4v) is 4.37. The first kappa shape index (κ1) is 23.4. The van der Waals surface area contributed by atoms with Crippen molar-refractivity contribution in [1.29, 1.82) is 0 Å². The number of thiophene rings is 1. The number of benzene rings is 1. The van der Waals surface area contributed by atoms with E-state index in [4.69, 9.17) is 0 Å². The predicted molar refractivity (Wildman–Crippen MR) is 135 cm³/mol. The molecule has 0 unspecified atom stereocenters. The second-order valence-corrected chi connectivity index (χ2v) is 9.78. The fourth-order valence-electron chi connectivity index (χ4n) is 3.44. The molecule has 2 amide bonds. The van der Waals surface area contributed by atoms with E-state index in [9.17, 15) is 14.0 Å². The lowest BCUT2D eigenvalue weighted by Crippen LogP contribution is -2.21. The zero-order valence-corrected chi connectivity index (χ0v) is 20.3. The molecule has 4 rings (SSSR count). The van der Waals surface area contributed by atoms with Gasteiger partial charge in [-0.15, -0.1) is 11.3 Å². The number of urea groups is 1. The molecule has 3 heterocycles. The van der Waals surface area contributed by atoms with Crippen LogP contribution in [0.15, 0.2) is 46.7 Å². The highest BCUT2D eigenvalue weighted by Crippen LogP contribution is 2.31. The molecule has 4 aromatic rings. The standard InChI is InChI=1S/C24H25FN6O2S/c1-24(2,3)19-10-15(12-34-19)28-23(33)29-18-9-13(6-7-17(18)25)16-8-14-11-27-22(26-4)30-20(14)31(5)21(16)32/h6-12H,1-5H3,(H,26,27,30)(H2,28,29,33). The molecule has 34 heavy (non-hydrogen) atoms. The molecule has 0 radical (unpaired) electrons. The maximum atomic E-state index is 14.5. The van der Waals surface area contributed by atoms with Gasteiger partial charge in [-0.3, -0.25) is 9.36 Å². The normalized spacial score (nSPS) is 11.5. The van der Waals surface area contributed by atoms with Crippen LogP contribution in [0.2, 0.25) is 0 Å². The maximum absolute atomic E-state index is 14.5. The lowest BCUT2D eigenvalue weighted by atomic mass is 9.95. The maximum Gasteiger partial charge on any atom is 0.323 e. The number of nitrogens with zero attached hydrogens (tertiary/aromatic N) is 3. The van der Waals surface area contributed by atoms with Crippen LogP contribution >= 0.6 is 11.3 Å². The van der Waals surface area contributed by atoms with Crippen molar-refractivity contribution in [3.63, 3.8) is 0 Å². The smallest absolute Gasteiger partial charge is 0.323 e. The van der Waals surface area contributed by atoms with E-state index >= 15 is 0 Å². The van der Waals surface area contributed by atoms with E-state index in [1.807, 2.05) is 11.4 Å². The third kappa shape index (κ3) is 4.62. The largest absolute Gasteiger partial charge is 0.357 e. The third-order valence-corrected chi connectivity index (χ3v) is 6.65. The van der Waals surface area contributed by atoms with Crippen LogP contribution in [0, 0.1) is 5.82 Å². The third-order valence-electron chi connectivity index (χ3n) is 5.29. The van der Waals surface area contributed by atoms with Crippen LogP contribution in [-0.4, -0.2) is 27.6 Å². The average Bonchev–Trinajstić information content (AvgIpc) is 3.26. The molecule has 0 aliphatic heterocycles. The van der Waals surface area contributed by atoms with Crippen molar-refractivity contribution in [3.05, 3.63) is 63.0 Å². The van der Waals surface area contributed by atoms with Crippen LogP contribution in [0.1, 0.15) is 25.6 Å². The fraction of sp³-hybridized carbons (Fsp3) is 0.250. The summed E-state index contributed by atoms with van der Waals surface area (Å²) in [5.41, 5.74) is 1.53. The summed E-state index contributed by atoms with van der Waals surface area (Å²) in [4.78, 5) is 35.2. The topological polar surface area (TPSA) is 101 Å². The van der Waals surface area contributed by atoms with Crippen molar-refractivity contribution in [2.45, 2.75) is 26.2 Å². The van der Waals surface area contributed by atoms with Gasteiger partial charge in [0.2, 0.25) is 5.95 Å². The minimum Gasteiger partial charge on any atom is -0.357 e. The molecule has 1 aromatic carbocycles. The lowest BCUT2D eigenvalue weighted by Gasteiger charge is -2.15. The highest BCUT2D eigenvalue weighted by Gasteiger charge is 2.18. The van der Waals surface area contributed by atoms with Crippen molar-refractivity contribution in [2.75, 3.05) is 23.0 Å².